The number of pyridine rings is 1. The Hall–Kier alpha value is -3.89. The molecule has 2 aromatic carbocycles. The number of para-hydroxylation sites is 2. The number of hydrogen-bond acceptors (Lipinski definition) is 6. The van der Waals surface area contributed by atoms with Gasteiger partial charge in [-0.1, -0.05) is 24.2 Å². The zero-order valence-electron chi connectivity index (χ0n) is 23.5. The summed E-state index contributed by atoms with van der Waals surface area (Å²) in [6.45, 7) is 1.54. The number of halogens is 2. The largest absolute Gasteiger partial charge is 0.354 e. The number of nitrogens with zero attached hydrogens (tertiary/aromatic N) is 4. The Morgan fingerprint density at radius 1 is 1.16 bits per heavy atom. The molecule has 0 radical (unpaired) electrons. The average Bonchev–Trinajstić information content (AvgIpc) is 3.49. The van der Waals surface area contributed by atoms with Crippen LogP contribution in [0, 0.1) is 6.92 Å². The molecule has 2 bridgehead atoms. The predicted molar refractivity (Wildman–Crippen MR) is 138 cm³/mol. The summed E-state index contributed by atoms with van der Waals surface area (Å²) in [6.07, 6.45) is -0.215. The number of aromatic nitrogens is 3. The van der Waals surface area contributed by atoms with E-state index in [0.717, 1.165) is 32.0 Å². The molecule has 7 rings (SSSR count). The van der Waals surface area contributed by atoms with E-state index in [1.807, 2.05) is 12.1 Å². The number of hydrogen-bond donors (Lipinski definition) is 2. The highest BCUT2D eigenvalue weighted by Crippen LogP contribution is 2.51. The molecule has 38 heavy (non-hydrogen) atoms. The van der Waals surface area contributed by atoms with E-state index in [-0.39, 0.29) is 29.9 Å². The van der Waals surface area contributed by atoms with Crippen molar-refractivity contribution < 1.29 is 22.5 Å². The van der Waals surface area contributed by atoms with Gasteiger partial charge in [0.05, 0.1) is 25.5 Å². The summed E-state index contributed by atoms with van der Waals surface area (Å²) in [5, 5.41) is 3.70. The quantitative estimate of drug-likeness (QED) is 0.425. The monoisotopic (exact) mass is 519 g/mol. The number of piperazine rings is 1. The topological polar surface area (TPSA) is 84.3 Å². The van der Waals surface area contributed by atoms with Crippen LogP contribution in [0.1, 0.15) is 42.5 Å². The molecule has 5 heterocycles. The highest BCUT2D eigenvalue weighted by Gasteiger charge is 2.54. The Balaban J connectivity index is 1.54. The number of nitrogens with one attached hydrogen (secondary N) is 2. The zero-order valence-corrected chi connectivity index (χ0v) is 20.5. The zero-order chi connectivity index (χ0) is 28.6. The van der Waals surface area contributed by atoms with E-state index in [1.165, 1.54) is 0 Å². The van der Waals surface area contributed by atoms with Gasteiger partial charge in [-0.3, -0.25) is 9.53 Å². The van der Waals surface area contributed by atoms with Gasteiger partial charge in [-0.2, -0.15) is 8.78 Å². The number of amides is 1. The normalized spacial score (nSPS) is 23.7. The molecule has 194 valence electrons. The van der Waals surface area contributed by atoms with E-state index in [2.05, 4.69) is 15.2 Å². The van der Waals surface area contributed by atoms with Gasteiger partial charge in [0.1, 0.15) is 5.82 Å². The first-order valence-electron chi connectivity index (χ1n) is 14.0. The fourth-order valence-electron chi connectivity index (χ4n) is 5.98. The Labute approximate surface area is 221 Å². The first-order valence-corrected chi connectivity index (χ1v) is 12.6. The van der Waals surface area contributed by atoms with Crippen LogP contribution in [0.15, 0.2) is 54.5 Å². The van der Waals surface area contributed by atoms with Crippen LogP contribution in [-0.2, 0) is 10.5 Å². The van der Waals surface area contributed by atoms with Gasteiger partial charge in [-0.15, -0.1) is 0 Å². The van der Waals surface area contributed by atoms with Crippen molar-refractivity contribution >= 4 is 22.8 Å². The predicted octanol–water partition coefficient (Wildman–Crippen LogP) is 3.94. The number of carbonyl (C=O) groups excluding carboxylic acids is 1. The molecule has 0 saturated carbocycles. The van der Waals surface area contributed by atoms with Crippen LogP contribution in [0.4, 0.5) is 14.6 Å². The molecule has 2 aromatic heterocycles. The molecule has 3 aliphatic rings. The molecular weight excluding hydrogens is 490 g/mol. The van der Waals surface area contributed by atoms with E-state index in [1.54, 1.807) is 41.8 Å². The number of alkyl halides is 2. The minimum Gasteiger partial charge on any atom is -0.354 e. The maximum Gasteiger partial charge on any atom is 0.347 e. The first kappa shape index (κ1) is 20.1. The lowest BCUT2D eigenvalue weighted by molar-refractivity contribution is -0.222. The molecule has 1 fully saturated rings. The standard InChI is InChI=1S/C28H26F2N6O2/c1-16-9-10-17-24(23(16)19-6-4-8-22(32-19)35-13-11-31-12-14-35)21-15-28(34-25(17)37,38-27(29)30)26-33-18-5-2-3-7-20(18)36(21)26/h2-10,21,27,31H,11-15H2,1H3,(H,34,37)/t21-,28-/m1/s1/i9D,10D/hD. The van der Waals surface area contributed by atoms with Crippen LogP contribution in [0.3, 0.4) is 0 Å². The summed E-state index contributed by atoms with van der Waals surface area (Å²) in [7, 11) is 0. The fourth-order valence-corrected chi connectivity index (χ4v) is 5.98. The second-order valence-electron chi connectivity index (χ2n) is 9.75. The van der Waals surface area contributed by atoms with Crippen molar-refractivity contribution in [3.8, 4) is 11.3 Å². The average molecular weight is 520 g/mol. The van der Waals surface area contributed by atoms with Crippen molar-refractivity contribution in [1.82, 2.24) is 25.2 Å². The van der Waals surface area contributed by atoms with Crippen molar-refractivity contribution in [2.45, 2.75) is 31.7 Å². The van der Waals surface area contributed by atoms with Crippen molar-refractivity contribution in [1.29, 1.82) is 0 Å². The maximum atomic E-state index is 14.0. The first-order chi connectivity index (χ1) is 19.7. The number of rotatable bonds is 4. The van der Waals surface area contributed by atoms with Gasteiger partial charge in [0, 0.05) is 43.7 Å². The minimum absolute atomic E-state index is 0.0191. The van der Waals surface area contributed by atoms with Crippen LogP contribution in [0.5, 0.6) is 0 Å². The molecule has 0 aliphatic carbocycles. The van der Waals surface area contributed by atoms with Crippen molar-refractivity contribution in [2.75, 3.05) is 31.1 Å². The minimum atomic E-state index is -3.30. The SMILES string of the molecule is [2H]c1c([2H])c2c(c(-c3cccc(N4CCNCC4)n3)c1C)[C@H]1C[C@@](OC(F)F)(c3nc4ccccc4n31)N([2H])C2=O. The summed E-state index contributed by atoms with van der Waals surface area (Å²) in [5.74, 6) is -0.249. The second kappa shape index (κ2) is 8.57. The molecule has 1 saturated heterocycles. The maximum absolute atomic E-state index is 14.0. The van der Waals surface area contributed by atoms with Crippen LogP contribution in [-0.4, -0.2) is 53.2 Å². The van der Waals surface area contributed by atoms with Gasteiger partial charge in [0.25, 0.3) is 5.91 Å². The Kier molecular flexibility index (Phi) is 4.54. The van der Waals surface area contributed by atoms with Gasteiger partial charge < -0.3 is 20.1 Å². The highest BCUT2D eigenvalue weighted by atomic mass is 19.3. The van der Waals surface area contributed by atoms with E-state index >= 15 is 0 Å². The van der Waals surface area contributed by atoms with Gasteiger partial charge >= 0.3 is 6.61 Å². The number of carbonyl (C=O) groups is 1. The highest BCUT2D eigenvalue weighted by molar-refractivity contribution is 6.00. The molecule has 3 aliphatic heterocycles. The van der Waals surface area contributed by atoms with Crippen LogP contribution in [0.2, 0.25) is 1.41 Å². The van der Waals surface area contributed by atoms with E-state index in [0.29, 0.717) is 38.7 Å². The number of imidazole rings is 1. The third-order valence-electron chi connectivity index (χ3n) is 7.56. The molecule has 10 heteroatoms. The molecule has 0 spiro atoms. The third-order valence-corrected chi connectivity index (χ3v) is 7.56. The molecule has 2 atom stereocenters. The summed E-state index contributed by atoms with van der Waals surface area (Å²) >= 11 is 0. The lowest BCUT2D eigenvalue weighted by Crippen LogP contribution is -2.47. The van der Waals surface area contributed by atoms with Crippen LogP contribution >= 0.6 is 0 Å². The second-order valence-corrected chi connectivity index (χ2v) is 9.75. The lowest BCUT2D eigenvalue weighted by Gasteiger charge is -2.29. The summed E-state index contributed by atoms with van der Waals surface area (Å²) in [6, 6.07) is 11.3. The molecule has 8 nitrogen and oxygen atoms in total. The Morgan fingerprint density at radius 2 is 1.97 bits per heavy atom. The molecule has 1 amide bonds. The van der Waals surface area contributed by atoms with E-state index < -0.39 is 24.3 Å². The fraction of sp³-hybridized carbons (Fsp3) is 0.321. The molecule has 0 unspecified atom stereocenters. The number of benzene rings is 2. The summed E-state index contributed by atoms with van der Waals surface area (Å²) in [4.78, 5) is 25.6. The molecule has 2 N–H and O–H groups in total. The smallest absolute Gasteiger partial charge is 0.347 e. The lowest BCUT2D eigenvalue weighted by atomic mass is 9.88. The number of anilines is 1. The molecule has 4 aromatic rings. The van der Waals surface area contributed by atoms with Crippen molar-refractivity contribution in [2.24, 2.45) is 0 Å². The third kappa shape index (κ3) is 3.44. The number of ether oxygens (including phenoxy) is 1. The van der Waals surface area contributed by atoms with Crippen molar-refractivity contribution in [3.63, 3.8) is 0 Å². The van der Waals surface area contributed by atoms with E-state index in [9.17, 15) is 13.6 Å². The van der Waals surface area contributed by atoms with Gasteiger partial charge in [-0.25, -0.2) is 9.97 Å². The molecular formula is C28H26F2N6O2. The number of fused-ring (bicyclic) bond motifs is 9. The van der Waals surface area contributed by atoms with Crippen LogP contribution < -0.4 is 15.5 Å². The van der Waals surface area contributed by atoms with Gasteiger partial charge in [0.15, 0.2) is 7.24 Å². The summed E-state index contributed by atoms with van der Waals surface area (Å²) in [5.41, 5.74) is 0.487. The van der Waals surface area contributed by atoms with Gasteiger partial charge in [-0.05, 0) is 48.4 Å². The van der Waals surface area contributed by atoms with Gasteiger partial charge in [0.2, 0.25) is 5.72 Å². The van der Waals surface area contributed by atoms with Crippen molar-refractivity contribution in [3.05, 3.63) is 77.1 Å². The van der Waals surface area contributed by atoms with E-state index in [4.69, 9.17) is 13.9 Å². The summed E-state index contributed by atoms with van der Waals surface area (Å²) < 4.78 is 61.3. The Bertz CT molecular complexity index is 1730. The van der Waals surface area contributed by atoms with Crippen LogP contribution in [0.25, 0.3) is 22.3 Å². The Morgan fingerprint density at radius 3 is 2.79 bits per heavy atom.